The molecule has 94 valence electrons. The van der Waals surface area contributed by atoms with E-state index >= 15 is 0 Å². The Labute approximate surface area is 103 Å². The summed E-state index contributed by atoms with van der Waals surface area (Å²) in [6.07, 6.45) is 2.62. The number of hydrogen-bond donors (Lipinski definition) is 2. The molecule has 1 aromatic heterocycles. The molecule has 1 atom stereocenters. The maximum absolute atomic E-state index is 7.54. The Balaban J connectivity index is 2.95. The zero-order valence-corrected chi connectivity index (χ0v) is 10.9. The molecule has 1 aromatic rings. The van der Waals surface area contributed by atoms with Gasteiger partial charge in [-0.25, -0.2) is 0 Å². The van der Waals surface area contributed by atoms with Gasteiger partial charge in [-0.3, -0.25) is 5.41 Å². The van der Waals surface area contributed by atoms with E-state index in [-0.39, 0.29) is 5.84 Å². The van der Waals surface area contributed by atoms with Crippen LogP contribution in [0.1, 0.15) is 32.8 Å². The summed E-state index contributed by atoms with van der Waals surface area (Å²) in [5.41, 5.74) is 6.18. The van der Waals surface area contributed by atoms with Crippen molar-refractivity contribution in [1.29, 1.82) is 5.41 Å². The average molecular weight is 235 g/mol. The summed E-state index contributed by atoms with van der Waals surface area (Å²) in [5, 5.41) is 15.5. The third-order valence-electron chi connectivity index (χ3n) is 2.80. The van der Waals surface area contributed by atoms with E-state index in [4.69, 9.17) is 11.1 Å². The van der Waals surface area contributed by atoms with Crippen molar-refractivity contribution in [3.63, 3.8) is 0 Å². The van der Waals surface area contributed by atoms with Crippen LogP contribution in [0.25, 0.3) is 0 Å². The molecule has 0 fully saturated rings. The van der Waals surface area contributed by atoms with Gasteiger partial charge in [0.1, 0.15) is 5.84 Å². The van der Waals surface area contributed by atoms with Crippen molar-refractivity contribution >= 4 is 11.7 Å². The van der Waals surface area contributed by atoms with Crippen LogP contribution in [0.5, 0.6) is 0 Å². The zero-order chi connectivity index (χ0) is 13.0. The van der Waals surface area contributed by atoms with E-state index in [0.29, 0.717) is 23.3 Å². The molecular weight excluding hydrogens is 214 g/mol. The fraction of sp³-hybridized carbons (Fsp3) is 0.583. The van der Waals surface area contributed by atoms with E-state index in [0.717, 1.165) is 6.42 Å². The van der Waals surface area contributed by atoms with Crippen molar-refractivity contribution in [1.82, 2.24) is 10.2 Å². The summed E-state index contributed by atoms with van der Waals surface area (Å²) in [6, 6.07) is 2.06. The van der Waals surface area contributed by atoms with Crippen LogP contribution < -0.4 is 10.6 Å². The van der Waals surface area contributed by atoms with Crippen molar-refractivity contribution in [3.8, 4) is 0 Å². The quantitative estimate of drug-likeness (QED) is 0.600. The number of nitrogens with zero attached hydrogens (tertiary/aromatic N) is 3. The molecule has 1 heterocycles. The van der Waals surface area contributed by atoms with Crippen molar-refractivity contribution in [2.24, 2.45) is 11.7 Å². The lowest BCUT2D eigenvalue weighted by Gasteiger charge is -2.28. The molecule has 5 heteroatoms. The first kappa shape index (κ1) is 13.4. The van der Waals surface area contributed by atoms with E-state index in [1.54, 1.807) is 12.3 Å². The van der Waals surface area contributed by atoms with E-state index < -0.39 is 0 Å². The van der Waals surface area contributed by atoms with Crippen molar-refractivity contribution in [3.05, 3.63) is 17.8 Å². The molecule has 0 aliphatic heterocycles. The molecule has 0 saturated heterocycles. The van der Waals surface area contributed by atoms with E-state index in [2.05, 4.69) is 31.0 Å². The lowest BCUT2D eigenvalue weighted by molar-refractivity contribution is 0.501. The molecule has 0 saturated carbocycles. The number of nitrogens with two attached hydrogens (primary N) is 1. The largest absolute Gasteiger partial charge is 0.384 e. The Hall–Kier alpha value is -1.65. The van der Waals surface area contributed by atoms with Gasteiger partial charge in [0.2, 0.25) is 0 Å². The predicted molar refractivity (Wildman–Crippen MR) is 70.4 cm³/mol. The fourth-order valence-electron chi connectivity index (χ4n) is 1.84. The van der Waals surface area contributed by atoms with Gasteiger partial charge in [0.05, 0.1) is 11.8 Å². The highest BCUT2D eigenvalue weighted by Crippen LogP contribution is 2.19. The van der Waals surface area contributed by atoms with E-state index in [9.17, 15) is 0 Å². The third-order valence-corrected chi connectivity index (χ3v) is 2.80. The maximum atomic E-state index is 7.54. The van der Waals surface area contributed by atoms with Crippen LogP contribution in [-0.4, -0.2) is 29.1 Å². The van der Waals surface area contributed by atoms with Gasteiger partial charge < -0.3 is 10.6 Å². The molecule has 0 aliphatic carbocycles. The number of anilines is 1. The molecular formula is C12H21N5. The van der Waals surface area contributed by atoms with Gasteiger partial charge in [0.15, 0.2) is 5.82 Å². The first-order valence-corrected chi connectivity index (χ1v) is 5.82. The lowest BCUT2D eigenvalue weighted by Crippen LogP contribution is -2.33. The van der Waals surface area contributed by atoms with Gasteiger partial charge in [-0.15, -0.1) is 5.10 Å². The summed E-state index contributed by atoms with van der Waals surface area (Å²) in [5.74, 6) is 1.32. The van der Waals surface area contributed by atoms with Crippen LogP contribution in [0.15, 0.2) is 12.3 Å². The summed E-state index contributed by atoms with van der Waals surface area (Å²) >= 11 is 0. The average Bonchev–Trinajstić information content (AvgIpc) is 2.27. The molecule has 0 bridgehead atoms. The highest BCUT2D eigenvalue weighted by Gasteiger charge is 2.17. The Kier molecular flexibility index (Phi) is 4.43. The van der Waals surface area contributed by atoms with Crippen LogP contribution >= 0.6 is 0 Å². The maximum Gasteiger partial charge on any atom is 0.162 e. The second-order valence-electron chi connectivity index (χ2n) is 4.77. The van der Waals surface area contributed by atoms with Gasteiger partial charge in [-0.1, -0.05) is 13.8 Å². The molecule has 0 amide bonds. The molecule has 0 radical (unpaired) electrons. The van der Waals surface area contributed by atoms with Crippen LogP contribution in [0.4, 0.5) is 5.82 Å². The lowest BCUT2D eigenvalue weighted by atomic mass is 10.0. The molecule has 17 heavy (non-hydrogen) atoms. The van der Waals surface area contributed by atoms with Crippen molar-refractivity contribution in [2.45, 2.75) is 33.2 Å². The van der Waals surface area contributed by atoms with E-state index in [1.807, 2.05) is 11.9 Å². The summed E-state index contributed by atoms with van der Waals surface area (Å²) in [6.45, 7) is 6.51. The summed E-state index contributed by atoms with van der Waals surface area (Å²) in [7, 11) is 1.96. The Bertz CT molecular complexity index is 388. The minimum absolute atomic E-state index is 0.0264. The van der Waals surface area contributed by atoms with Crippen molar-refractivity contribution < 1.29 is 0 Å². The summed E-state index contributed by atoms with van der Waals surface area (Å²) < 4.78 is 0. The number of hydrogen-bond acceptors (Lipinski definition) is 4. The Morgan fingerprint density at radius 2 is 2.12 bits per heavy atom. The predicted octanol–water partition coefficient (Wildman–Crippen LogP) is 1.63. The minimum Gasteiger partial charge on any atom is -0.384 e. The highest BCUT2D eigenvalue weighted by atomic mass is 15.3. The van der Waals surface area contributed by atoms with Crippen LogP contribution in [-0.2, 0) is 0 Å². The minimum atomic E-state index is 0.0264. The molecule has 3 N–H and O–H groups in total. The van der Waals surface area contributed by atoms with Gasteiger partial charge in [0, 0.05) is 13.1 Å². The molecule has 1 rings (SSSR count). The highest BCUT2D eigenvalue weighted by molar-refractivity contribution is 5.99. The van der Waals surface area contributed by atoms with E-state index in [1.165, 1.54) is 0 Å². The van der Waals surface area contributed by atoms with Crippen LogP contribution in [0, 0.1) is 11.3 Å². The number of aromatic nitrogens is 2. The topological polar surface area (TPSA) is 78.9 Å². The summed E-state index contributed by atoms with van der Waals surface area (Å²) in [4.78, 5) is 2.03. The van der Waals surface area contributed by atoms with Gasteiger partial charge in [0.25, 0.3) is 0 Å². The first-order valence-electron chi connectivity index (χ1n) is 5.82. The monoisotopic (exact) mass is 235 g/mol. The SMILES string of the molecule is CC(C)CC(C)N(C)c1nnccc1C(=N)N. The second kappa shape index (κ2) is 5.61. The van der Waals surface area contributed by atoms with Gasteiger partial charge in [-0.2, -0.15) is 5.10 Å². The number of amidine groups is 1. The van der Waals surface area contributed by atoms with Gasteiger partial charge >= 0.3 is 0 Å². The molecule has 0 aliphatic rings. The number of nitrogen functional groups attached to an aromatic ring is 1. The van der Waals surface area contributed by atoms with Crippen molar-refractivity contribution in [2.75, 3.05) is 11.9 Å². The normalized spacial score (nSPS) is 12.5. The standard InChI is InChI=1S/C12H21N5/c1-8(2)7-9(3)17(4)12-10(11(13)14)5-6-15-16-12/h5-6,8-9H,7H2,1-4H3,(H3,13,14). The molecule has 0 aromatic carbocycles. The number of nitrogens with one attached hydrogen (secondary N) is 1. The number of rotatable bonds is 5. The third kappa shape index (κ3) is 3.41. The zero-order valence-electron chi connectivity index (χ0n) is 10.9. The smallest absolute Gasteiger partial charge is 0.162 e. The first-order chi connectivity index (χ1) is 7.93. The molecule has 1 unspecified atom stereocenters. The van der Waals surface area contributed by atoms with Gasteiger partial charge in [-0.05, 0) is 25.3 Å². The molecule has 0 spiro atoms. The molecule has 5 nitrogen and oxygen atoms in total. The van der Waals surface area contributed by atoms with Crippen LogP contribution in [0.3, 0.4) is 0 Å². The second-order valence-corrected chi connectivity index (χ2v) is 4.77. The Morgan fingerprint density at radius 3 is 2.65 bits per heavy atom. The fourth-order valence-corrected chi connectivity index (χ4v) is 1.84. The van der Waals surface area contributed by atoms with Crippen LogP contribution in [0.2, 0.25) is 0 Å². The Morgan fingerprint density at radius 1 is 1.47 bits per heavy atom.